The Kier molecular flexibility index (Phi) is 5.54. The Hall–Kier alpha value is -1.14. The molecule has 0 bridgehead atoms. The highest BCUT2D eigenvalue weighted by molar-refractivity contribution is 5.84. The Morgan fingerprint density at radius 3 is 2.39 bits per heavy atom. The van der Waals surface area contributed by atoms with Crippen LogP contribution in [0.5, 0.6) is 0 Å². The molecule has 2 saturated heterocycles. The van der Waals surface area contributed by atoms with Gasteiger partial charge >= 0.3 is 0 Å². The average Bonchev–Trinajstić information content (AvgIpc) is 3.37. The number of carbonyl (C=O) groups is 2. The highest BCUT2D eigenvalue weighted by Gasteiger charge is 2.33. The fourth-order valence-corrected chi connectivity index (χ4v) is 3.55. The first-order valence-electron chi connectivity index (χ1n) is 8.96. The van der Waals surface area contributed by atoms with Crippen molar-refractivity contribution in [3.63, 3.8) is 0 Å². The lowest BCUT2D eigenvalue weighted by atomic mass is 10.1. The van der Waals surface area contributed by atoms with Gasteiger partial charge in [0.25, 0.3) is 0 Å². The molecule has 6 nitrogen and oxygen atoms in total. The lowest BCUT2D eigenvalue weighted by molar-refractivity contribution is -0.143. The second-order valence-corrected chi connectivity index (χ2v) is 7.11. The number of rotatable bonds is 5. The van der Waals surface area contributed by atoms with E-state index >= 15 is 0 Å². The Balaban J connectivity index is 1.44. The Labute approximate surface area is 137 Å². The summed E-state index contributed by atoms with van der Waals surface area (Å²) in [5.41, 5.74) is 0. The number of nitrogens with zero attached hydrogens (tertiary/aromatic N) is 2. The van der Waals surface area contributed by atoms with Crippen molar-refractivity contribution in [3.05, 3.63) is 0 Å². The van der Waals surface area contributed by atoms with Gasteiger partial charge in [0.1, 0.15) is 0 Å². The van der Waals surface area contributed by atoms with Crippen LogP contribution in [-0.4, -0.2) is 71.7 Å². The molecule has 23 heavy (non-hydrogen) atoms. The molecule has 1 aliphatic carbocycles. The van der Waals surface area contributed by atoms with Gasteiger partial charge in [0.2, 0.25) is 11.8 Å². The Morgan fingerprint density at radius 2 is 1.70 bits per heavy atom. The fourth-order valence-electron chi connectivity index (χ4n) is 3.55. The highest BCUT2D eigenvalue weighted by Crippen LogP contribution is 2.35. The van der Waals surface area contributed by atoms with Gasteiger partial charge in [-0.3, -0.25) is 9.59 Å². The quantitative estimate of drug-likeness (QED) is 0.811. The molecule has 3 rings (SSSR count). The molecule has 3 fully saturated rings. The smallest absolute Gasteiger partial charge is 0.223 e. The number of morpholine rings is 1. The van der Waals surface area contributed by atoms with E-state index in [1.807, 2.05) is 4.90 Å². The molecular weight excluding hydrogens is 296 g/mol. The molecule has 6 heteroatoms. The Morgan fingerprint density at radius 1 is 1.00 bits per heavy atom. The number of likely N-dealkylation sites (tertiary alicyclic amines) is 1. The molecule has 2 heterocycles. The van der Waals surface area contributed by atoms with Crippen molar-refractivity contribution in [1.82, 2.24) is 9.80 Å². The van der Waals surface area contributed by atoms with E-state index in [-0.39, 0.29) is 30.4 Å². The van der Waals surface area contributed by atoms with Crippen LogP contribution in [0.2, 0.25) is 0 Å². The highest BCUT2D eigenvalue weighted by atomic mass is 16.5. The maximum Gasteiger partial charge on any atom is 0.223 e. The molecule has 1 N–H and O–H groups in total. The first-order valence-corrected chi connectivity index (χ1v) is 8.96. The third kappa shape index (κ3) is 4.67. The van der Waals surface area contributed by atoms with Gasteiger partial charge in [-0.05, 0) is 25.2 Å². The molecule has 130 valence electrons. The van der Waals surface area contributed by atoms with Crippen LogP contribution in [0, 0.1) is 5.92 Å². The van der Waals surface area contributed by atoms with E-state index in [0.29, 0.717) is 52.1 Å². The minimum absolute atomic E-state index is 0.0391. The molecule has 0 aromatic heterocycles. The van der Waals surface area contributed by atoms with Crippen molar-refractivity contribution in [2.24, 2.45) is 5.92 Å². The van der Waals surface area contributed by atoms with Crippen molar-refractivity contribution in [3.8, 4) is 0 Å². The summed E-state index contributed by atoms with van der Waals surface area (Å²) in [7, 11) is 0. The van der Waals surface area contributed by atoms with Crippen LogP contribution in [0.25, 0.3) is 0 Å². The molecule has 0 aromatic carbocycles. The topological polar surface area (TPSA) is 70.1 Å². The number of ether oxygens (including phenoxy) is 1. The van der Waals surface area contributed by atoms with E-state index in [2.05, 4.69) is 0 Å². The average molecular weight is 324 g/mol. The number of piperidine rings is 1. The summed E-state index contributed by atoms with van der Waals surface area (Å²) in [4.78, 5) is 28.4. The molecule has 0 aromatic rings. The summed E-state index contributed by atoms with van der Waals surface area (Å²) in [6.07, 6.45) is 5.18. The van der Waals surface area contributed by atoms with Gasteiger partial charge in [-0.15, -0.1) is 0 Å². The molecular formula is C17H28N2O4. The largest absolute Gasteiger partial charge is 0.393 e. The lowest BCUT2D eigenvalue weighted by Gasteiger charge is -2.36. The van der Waals surface area contributed by atoms with E-state index in [4.69, 9.17) is 4.74 Å². The summed E-state index contributed by atoms with van der Waals surface area (Å²) in [5, 5.41) is 9.49. The van der Waals surface area contributed by atoms with Gasteiger partial charge in [-0.2, -0.15) is 0 Å². The first-order chi connectivity index (χ1) is 11.1. The van der Waals surface area contributed by atoms with Crippen LogP contribution in [0.15, 0.2) is 0 Å². The van der Waals surface area contributed by atoms with E-state index in [1.165, 1.54) is 12.8 Å². The summed E-state index contributed by atoms with van der Waals surface area (Å²) in [5.74, 6) is 0.889. The van der Waals surface area contributed by atoms with Gasteiger partial charge in [0.15, 0.2) is 0 Å². The summed E-state index contributed by atoms with van der Waals surface area (Å²) in [6, 6.07) is 0.198. The maximum absolute atomic E-state index is 12.5. The van der Waals surface area contributed by atoms with Gasteiger partial charge in [-0.1, -0.05) is 12.8 Å². The van der Waals surface area contributed by atoms with Crippen molar-refractivity contribution < 1.29 is 19.4 Å². The predicted octanol–water partition coefficient (Wildman–Crippen LogP) is 0.777. The fraction of sp³-hybridized carbons (Fsp3) is 0.882. The van der Waals surface area contributed by atoms with Crippen LogP contribution >= 0.6 is 0 Å². The zero-order valence-corrected chi connectivity index (χ0v) is 13.8. The molecule has 1 atom stereocenters. The van der Waals surface area contributed by atoms with Crippen LogP contribution in [-0.2, 0) is 14.3 Å². The van der Waals surface area contributed by atoms with Crippen molar-refractivity contribution >= 4 is 11.8 Å². The second-order valence-electron chi connectivity index (χ2n) is 7.11. The number of aliphatic hydroxyl groups is 1. The standard InChI is InChI=1S/C17H28N2O4/c20-15-5-7-18(8-6-15)16(21)3-4-17(22)19-9-10-23-12-14(19)11-13-1-2-13/h13-15,20H,1-12H2. The molecule has 2 amide bonds. The molecule has 0 spiro atoms. The third-order valence-electron chi connectivity index (χ3n) is 5.22. The van der Waals surface area contributed by atoms with E-state index < -0.39 is 0 Å². The lowest BCUT2D eigenvalue weighted by Crippen LogP contribution is -2.49. The van der Waals surface area contributed by atoms with Crippen molar-refractivity contribution in [1.29, 1.82) is 0 Å². The molecule has 2 aliphatic heterocycles. The maximum atomic E-state index is 12.5. The van der Waals surface area contributed by atoms with E-state index in [1.54, 1.807) is 4.90 Å². The third-order valence-corrected chi connectivity index (χ3v) is 5.22. The minimum atomic E-state index is -0.280. The van der Waals surface area contributed by atoms with Gasteiger partial charge < -0.3 is 19.6 Å². The summed E-state index contributed by atoms with van der Waals surface area (Å²) < 4.78 is 5.53. The zero-order valence-electron chi connectivity index (χ0n) is 13.8. The normalized spacial score (nSPS) is 26.4. The van der Waals surface area contributed by atoms with Crippen molar-refractivity contribution in [2.75, 3.05) is 32.8 Å². The van der Waals surface area contributed by atoms with Crippen LogP contribution in [0.1, 0.15) is 44.9 Å². The molecule has 1 saturated carbocycles. The monoisotopic (exact) mass is 324 g/mol. The number of carbonyl (C=O) groups excluding carboxylic acids is 2. The SMILES string of the molecule is O=C(CCC(=O)N1CCOCC1CC1CC1)N1CCC(O)CC1. The number of aliphatic hydroxyl groups excluding tert-OH is 1. The van der Waals surface area contributed by atoms with E-state index in [0.717, 1.165) is 12.3 Å². The van der Waals surface area contributed by atoms with Gasteiger partial charge in [-0.25, -0.2) is 0 Å². The van der Waals surface area contributed by atoms with Crippen molar-refractivity contribution in [2.45, 2.75) is 57.1 Å². The van der Waals surface area contributed by atoms with Gasteiger partial charge in [0.05, 0.1) is 25.4 Å². The van der Waals surface area contributed by atoms with Crippen LogP contribution in [0.3, 0.4) is 0 Å². The summed E-state index contributed by atoms with van der Waals surface area (Å²) in [6.45, 7) is 3.11. The number of hydrogen-bond acceptors (Lipinski definition) is 4. The Bertz CT molecular complexity index is 430. The first kappa shape index (κ1) is 16.7. The molecule has 3 aliphatic rings. The molecule has 1 unspecified atom stereocenters. The second kappa shape index (κ2) is 7.62. The predicted molar refractivity (Wildman–Crippen MR) is 84.7 cm³/mol. The van der Waals surface area contributed by atoms with E-state index in [9.17, 15) is 14.7 Å². The minimum Gasteiger partial charge on any atom is -0.393 e. The molecule has 0 radical (unpaired) electrons. The zero-order chi connectivity index (χ0) is 16.2. The van der Waals surface area contributed by atoms with Crippen LogP contribution in [0.4, 0.5) is 0 Å². The number of hydrogen-bond donors (Lipinski definition) is 1. The number of amides is 2. The van der Waals surface area contributed by atoms with Gasteiger partial charge in [0, 0.05) is 32.5 Å². The van der Waals surface area contributed by atoms with Crippen LogP contribution < -0.4 is 0 Å². The summed E-state index contributed by atoms with van der Waals surface area (Å²) >= 11 is 0.